The van der Waals surface area contributed by atoms with Crippen LogP contribution in [0.2, 0.25) is 0 Å². The number of hydrogen-bond acceptors (Lipinski definition) is 3. The number of aryl methyl sites for hydroxylation is 2. The zero-order valence-corrected chi connectivity index (χ0v) is 14.5. The van der Waals surface area contributed by atoms with Crippen LogP contribution in [0.4, 0.5) is 5.69 Å². The summed E-state index contributed by atoms with van der Waals surface area (Å²) in [6.45, 7) is 5.11. The lowest BCUT2D eigenvalue weighted by Gasteiger charge is -2.29. The quantitative estimate of drug-likeness (QED) is 0.734. The lowest BCUT2D eigenvalue weighted by Crippen LogP contribution is -2.36. The largest absolute Gasteiger partial charge is 0.490 e. The summed E-state index contributed by atoms with van der Waals surface area (Å²) in [4.78, 5) is 19.8. The number of carbonyl (C=O) groups excluding carboxylic acids is 1. The minimum absolute atomic E-state index is 0.00852. The number of amides is 1. The highest BCUT2D eigenvalue weighted by Crippen LogP contribution is 2.30. The van der Waals surface area contributed by atoms with Crippen LogP contribution in [0.3, 0.4) is 0 Å². The molecule has 0 spiro atoms. The third kappa shape index (κ3) is 2.56. The van der Waals surface area contributed by atoms with Gasteiger partial charge in [0, 0.05) is 18.4 Å². The number of aromatic nitrogens is 2. The van der Waals surface area contributed by atoms with Crippen molar-refractivity contribution >= 4 is 17.2 Å². The molecule has 0 N–H and O–H groups in total. The van der Waals surface area contributed by atoms with Crippen molar-refractivity contribution in [1.29, 1.82) is 0 Å². The summed E-state index contributed by atoms with van der Waals surface area (Å²) in [6, 6.07) is 11.9. The van der Waals surface area contributed by atoms with Crippen LogP contribution >= 0.6 is 0 Å². The van der Waals surface area contributed by atoms with Crippen LogP contribution in [0.1, 0.15) is 35.1 Å². The molecule has 0 bridgehead atoms. The average Bonchev–Trinajstić information content (AvgIpc) is 2.98. The number of benzene rings is 1. The van der Waals surface area contributed by atoms with Crippen LogP contribution in [0, 0.1) is 6.92 Å². The molecule has 25 heavy (non-hydrogen) atoms. The number of nitrogens with zero attached hydrogens (tertiary/aromatic N) is 3. The van der Waals surface area contributed by atoms with Gasteiger partial charge in [0.05, 0.1) is 12.3 Å². The Balaban J connectivity index is 1.82. The molecule has 0 unspecified atom stereocenters. The van der Waals surface area contributed by atoms with Crippen molar-refractivity contribution in [2.24, 2.45) is 0 Å². The molecule has 2 aromatic heterocycles. The van der Waals surface area contributed by atoms with E-state index in [1.54, 1.807) is 0 Å². The minimum Gasteiger partial charge on any atom is -0.490 e. The van der Waals surface area contributed by atoms with Gasteiger partial charge in [-0.05, 0) is 50.5 Å². The summed E-state index contributed by atoms with van der Waals surface area (Å²) >= 11 is 0. The Morgan fingerprint density at radius 3 is 2.92 bits per heavy atom. The molecule has 1 aliphatic heterocycles. The van der Waals surface area contributed by atoms with Gasteiger partial charge in [-0.1, -0.05) is 18.2 Å². The van der Waals surface area contributed by atoms with Gasteiger partial charge in [0.25, 0.3) is 5.91 Å². The maximum absolute atomic E-state index is 13.4. The Morgan fingerprint density at radius 1 is 1.24 bits per heavy atom. The summed E-state index contributed by atoms with van der Waals surface area (Å²) in [5.41, 5.74) is 4.25. The highest BCUT2D eigenvalue weighted by atomic mass is 16.5. The second-order valence-electron chi connectivity index (χ2n) is 6.23. The van der Waals surface area contributed by atoms with Crippen molar-refractivity contribution in [3.8, 4) is 5.75 Å². The molecule has 5 nitrogen and oxygen atoms in total. The SMILES string of the molecule is CCOc1cccn2c(C(=O)N3CCCc4ccccc43)c(C)nc12. The van der Waals surface area contributed by atoms with E-state index in [1.165, 1.54) is 5.56 Å². The number of pyridine rings is 1. The summed E-state index contributed by atoms with van der Waals surface area (Å²) < 4.78 is 7.51. The minimum atomic E-state index is -0.00852. The first-order valence-electron chi connectivity index (χ1n) is 8.71. The van der Waals surface area contributed by atoms with Gasteiger partial charge in [-0.25, -0.2) is 4.98 Å². The highest BCUT2D eigenvalue weighted by Gasteiger charge is 2.27. The smallest absolute Gasteiger partial charge is 0.277 e. The van der Waals surface area contributed by atoms with E-state index in [-0.39, 0.29) is 5.91 Å². The fraction of sp³-hybridized carbons (Fsp3) is 0.300. The van der Waals surface area contributed by atoms with Gasteiger partial charge in [-0.2, -0.15) is 0 Å². The van der Waals surface area contributed by atoms with Crippen molar-refractivity contribution in [3.05, 3.63) is 59.5 Å². The van der Waals surface area contributed by atoms with E-state index in [9.17, 15) is 4.79 Å². The lowest BCUT2D eigenvalue weighted by atomic mass is 10.0. The first-order chi connectivity index (χ1) is 12.2. The van der Waals surface area contributed by atoms with Crippen LogP contribution in [-0.2, 0) is 6.42 Å². The predicted octanol–water partition coefficient (Wildman–Crippen LogP) is 3.63. The molecule has 0 atom stereocenters. The molecule has 0 aliphatic carbocycles. The third-order valence-electron chi connectivity index (χ3n) is 4.65. The average molecular weight is 335 g/mol. The first-order valence-corrected chi connectivity index (χ1v) is 8.71. The summed E-state index contributed by atoms with van der Waals surface area (Å²) in [7, 11) is 0. The fourth-order valence-electron chi connectivity index (χ4n) is 3.55. The number of ether oxygens (including phenoxy) is 1. The van der Waals surface area contributed by atoms with Crippen molar-refractivity contribution in [1.82, 2.24) is 9.38 Å². The maximum atomic E-state index is 13.4. The summed E-state index contributed by atoms with van der Waals surface area (Å²) in [5.74, 6) is 0.692. The maximum Gasteiger partial charge on any atom is 0.277 e. The molecular weight excluding hydrogens is 314 g/mol. The van der Waals surface area contributed by atoms with Gasteiger partial charge >= 0.3 is 0 Å². The van der Waals surface area contributed by atoms with E-state index in [2.05, 4.69) is 11.1 Å². The normalized spacial score (nSPS) is 13.8. The number of anilines is 1. The summed E-state index contributed by atoms with van der Waals surface area (Å²) in [6.07, 6.45) is 3.87. The molecule has 4 rings (SSSR count). The monoisotopic (exact) mass is 335 g/mol. The first kappa shape index (κ1) is 15.7. The molecule has 0 saturated carbocycles. The van der Waals surface area contributed by atoms with Gasteiger partial charge in [-0.15, -0.1) is 0 Å². The zero-order valence-electron chi connectivity index (χ0n) is 14.5. The van der Waals surface area contributed by atoms with Gasteiger partial charge < -0.3 is 9.64 Å². The number of hydrogen-bond donors (Lipinski definition) is 0. The van der Waals surface area contributed by atoms with Crippen molar-refractivity contribution in [3.63, 3.8) is 0 Å². The van der Waals surface area contributed by atoms with Gasteiger partial charge in [0.1, 0.15) is 5.69 Å². The lowest BCUT2D eigenvalue weighted by molar-refractivity contribution is 0.0979. The van der Waals surface area contributed by atoms with Crippen LogP contribution in [0.25, 0.3) is 5.65 Å². The van der Waals surface area contributed by atoms with Crippen molar-refractivity contribution in [2.45, 2.75) is 26.7 Å². The molecule has 1 amide bonds. The van der Waals surface area contributed by atoms with Crippen LogP contribution in [0.5, 0.6) is 5.75 Å². The molecule has 0 saturated heterocycles. The van der Waals surface area contributed by atoms with Crippen molar-refractivity contribution in [2.75, 3.05) is 18.1 Å². The topological polar surface area (TPSA) is 46.8 Å². The third-order valence-corrected chi connectivity index (χ3v) is 4.65. The summed E-state index contributed by atoms with van der Waals surface area (Å²) in [5, 5.41) is 0. The van der Waals surface area contributed by atoms with Gasteiger partial charge in [-0.3, -0.25) is 9.20 Å². The molecular formula is C20H21N3O2. The number of imidazole rings is 1. The Bertz CT molecular complexity index is 945. The highest BCUT2D eigenvalue weighted by molar-refractivity contribution is 6.07. The molecule has 0 fully saturated rings. The molecule has 5 heteroatoms. The Kier molecular flexibility index (Phi) is 3.92. The zero-order chi connectivity index (χ0) is 17.4. The standard InChI is InChI=1S/C20H21N3O2/c1-3-25-17-11-7-13-23-18(14(2)21-19(17)23)20(24)22-12-6-9-15-8-4-5-10-16(15)22/h4-5,7-8,10-11,13H,3,6,9,12H2,1-2H3. The second kappa shape index (κ2) is 6.24. The van der Waals surface area contributed by atoms with E-state index >= 15 is 0 Å². The van der Waals surface area contributed by atoms with E-state index in [1.807, 2.05) is 59.7 Å². The molecule has 3 heterocycles. The van der Waals surface area contributed by atoms with Crippen LogP contribution < -0.4 is 9.64 Å². The van der Waals surface area contributed by atoms with Gasteiger partial charge in [0.15, 0.2) is 11.4 Å². The van der Waals surface area contributed by atoms with Crippen molar-refractivity contribution < 1.29 is 9.53 Å². The number of carbonyl (C=O) groups is 1. The second-order valence-corrected chi connectivity index (χ2v) is 6.23. The van der Waals surface area contributed by atoms with E-state index in [4.69, 9.17) is 4.74 Å². The molecule has 1 aliphatic rings. The van der Waals surface area contributed by atoms with E-state index in [0.717, 1.165) is 30.8 Å². The Labute approximate surface area is 146 Å². The molecule has 128 valence electrons. The Morgan fingerprint density at radius 2 is 2.08 bits per heavy atom. The molecule has 3 aromatic rings. The molecule has 1 aromatic carbocycles. The molecule has 0 radical (unpaired) electrons. The number of para-hydroxylation sites is 1. The number of fused-ring (bicyclic) bond motifs is 2. The Hall–Kier alpha value is -2.82. The van der Waals surface area contributed by atoms with Crippen LogP contribution in [0.15, 0.2) is 42.6 Å². The van der Waals surface area contributed by atoms with Gasteiger partial charge in [0.2, 0.25) is 0 Å². The number of rotatable bonds is 3. The predicted molar refractivity (Wildman–Crippen MR) is 97.5 cm³/mol. The fourth-order valence-corrected chi connectivity index (χ4v) is 3.55. The van der Waals surface area contributed by atoms with E-state index in [0.29, 0.717) is 23.7 Å². The van der Waals surface area contributed by atoms with Crippen LogP contribution in [-0.4, -0.2) is 28.4 Å². The van der Waals surface area contributed by atoms with E-state index < -0.39 is 0 Å².